The predicted molar refractivity (Wildman–Crippen MR) is 86.4 cm³/mol. The number of hydrogen-bond acceptors (Lipinski definition) is 5. The molecule has 1 N–H and O–H groups in total. The molecule has 0 bridgehead atoms. The molecule has 0 spiro atoms. The number of rotatable bonds is 8. The fourth-order valence-electron chi connectivity index (χ4n) is 2.27. The molecule has 19 heavy (non-hydrogen) atoms. The summed E-state index contributed by atoms with van der Waals surface area (Å²) < 4.78 is 0. The van der Waals surface area contributed by atoms with E-state index < -0.39 is 0 Å². The zero-order valence-corrected chi connectivity index (χ0v) is 13.5. The number of nitrogens with one attached hydrogen (secondary N) is 1. The fraction of sp³-hybridized carbons (Fsp3) is 0.714. The van der Waals surface area contributed by atoms with Gasteiger partial charge in [0.2, 0.25) is 0 Å². The van der Waals surface area contributed by atoms with Gasteiger partial charge in [0.15, 0.2) is 0 Å². The quantitative estimate of drug-likeness (QED) is 0.793. The third-order valence-corrected chi connectivity index (χ3v) is 4.09. The molecule has 4 nitrogen and oxygen atoms in total. The van der Waals surface area contributed by atoms with Gasteiger partial charge >= 0.3 is 0 Å². The summed E-state index contributed by atoms with van der Waals surface area (Å²) in [5.41, 5.74) is 1.23. The van der Waals surface area contributed by atoms with Crippen molar-refractivity contribution >= 4 is 23.4 Å². The van der Waals surface area contributed by atoms with Gasteiger partial charge in [-0.1, -0.05) is 20.3 Å². The van der Waals surface area contributed by atoms with Crippen LogP contribution < -0.4 is 10.2 Å². The SMILES string of the molecule is CCCc1c(NC)ncnc1N(C)C(CC)CSC. The molecule has 0 saturated carbocycles. The maximum absolute atomic E-state index is 4.52. The van der Waals surface area contributed by atoms with Gasteiger partial charge in [0.25, 0.3) is 0 Å². The molecular weight excluding hydrogens is 256 g/mol. The Hall–Kier alpha value is -0.970. The molecule has 0 aliphatic rings. The Labute approximate surface area is 121 Å². The lowest BCUT2D eigenvalue weighted by molar-refractivity contribution is 0.660. The first kappa shape index (κ1) is 16.1. The molecule has 1 unspecified atom stereocenters. The van der Waals surface area contributed by atoms with Crippen LogP contribution >= 0.6 is 11.8 Å². The lowest BCUT2D eigenvalue weighted by Gasteiger charge is -2.30. The van der Waals surface area contributed by atoms with Crippen molar-refractivity contribution < 1.29 is 0 Å². The second-order valence-corrected chi connectivity index (χ2v) is 5.56. The molecule has 0 aromatic carbocycles. The first-order chi connectivity index (χ1) is 9.19. The van der Waals surface area contributed by atoms with Gasteiger partial charge in [0, 0.05) is 31.5 Å². The van der Waals surface area contributed by atoms with Crippen LogP contribution in [0.3, 0.4) is 0 Å². The van der Waals surface area contributed by atoms with Crippen molar-refractivity contribution in [2.75, 3.05) is 36.3 Å². The molecule has 0 amide bonds. The molecule has 0 aliphatic heterocycles. The van der Waals surface area contributed by atoms with E-state index >= 15 is 0 Å². The standard InChI is InChI=1S/C14H26N4S/c1-6-8-12-13(15-3)16-10-17-14(12)18(4)11(7-2)9-19-5/h10-11H,6-9H2,1-5H3,(H,15,16,17). The molecule has 108 valence electrons. The van der Waals surface area contributed by atoms with E-state index in [1.807, 2.05) is 18.8 Å². The molecule has 1 rings (SSSR count). The van der Waals surface area contributed by atoms with Crippen LogP contribution in [0.25, 0.3) is 0 Å². The van der Waals surface area contributed by atoms with Crippen molar-refractivity contribution in [2.24, 2.45) is 0 Å². The van der Waals surface area contributed by atoms with Crippen LogP contribution in [0.15, 0.2) is 6.33 Å². The van der Waals surface area contributed by atoms with Crippen LogP contribution in [-0.4, -0.2) is 42.1 Å². The average molecular weight is 282 g/mol. The van der Waals surface area contributed by atoms with Gasteiger partial charge in [-0.15, -0.1) is 0 Å². The molecule has 1 aromatic heterocycles. The lowest BCUT2D eigenvalue weighted by atomic mass is 10.1. The summed E-state index contributed by atoms with van der Waals surface area (Å²) in [7, 11) is 4.07. The Kier molecular flexibility index (Phi) is 6.99. The molecule has 0 radical (unpaired) electrons. The molecular formula is C14H26N4S. The second-order valence-electron chi connectivity index (χ2n) is 4.65. The second kappa shape index (κ2) is 8.25. The van der Waals surface area contributed by atoms with Crippen LogP contribution in [0.4, 0.5) is 11.6 Å². The van der Waals surface area contributed by atoms with Crippen molar-refractivity contribution in [3.63, 3.8) is 0 Å². The van der Waals surface area contributed by atoms with Gasteiger partial charge in [-0.25, -0.2) is 9.97 Å². The molecule has 5 heteroatoms. The summed E-state index contributed by atoms with van der Waals surface area (Å²) in [6.07, 6.45) is 7.04. The molecule has 0 saturated heterocycles. The van der Waals surface area contributed by atoms with Crippen molar-refractivity contribution in [2.45, 2.75) is 39.2 Å². The molecule has 0 aliphatic carbocycles. The Morgan fingerprint density at radius 3 is 2.63 bits per heavy atom. The van der Waals surface area contributed by atoms with E-state index in [0.717, 1.165) is 36.7 Å². The topological polar surface area (TPSA) is 41.1 Å². The first-order valence-electron chi connectivity index (χ1n) is 6.92. The van der Waals surface area contributed by atoms with Gasteiger partial charge < -0.3 is 10.2 Å². The summed E-state index contributed by atoms with van der Waals surface area (Å²) in [6, 6.07) is 0.519. The van der Waals surface area contributed by atoms with Gasteiger partial charge in [0.1, 0.15) is 18.0 Å². The zero-order valence-electron chi connectivity index (χ0n) is 12.7. The summed E-state index contributed by atoms with van der Waals surface area (Å²) in [6.45, 7) is 4.42. The van der Waals surface area contributed by atoms with E-state index in [9.17, 15) is 0 Å². The van der Waals surface area contributed by atoms with Crippen molar-refractivity contribution in [3.05, 3.63) is 11.9 Å². The maximum atomic E-state index is 4.52. The van der Waals surface area contributed by atoms with E-state index in [4.69, 9.17) is 0 Å². The normalized spacial score (nSPS) is 12.3. The number of nitrogens with zero attached hydrogens (tertiary/aromatic N) is 3. The highest BCUT2D eigenvalue weighted by Gasteiger charge is 2.19. The molecule has 1 atom stereocenters. The number of aromatic nitrogens is 2. The monoisotopic (exact) mass is 282 g/mol. The minimum atomic E-state index is 0.519. The summed E-state index contributed by atoms with van der Waals surface area (Å²) in [5, 5.41) is 3.18. The van der Waals surface area contributed by atoms with E-state index in [-0.39, 0.29) is 0 Å². The smallest absolute Gasteiger partial charge is 0.137 e. The zero-order chi connectivity index (χ0) is 14.3. The largest absolute Gasteiger partial charge is 0.373 e. The third-order valence-electron chi connectivity index (χ3n) is 3.37. The van der Waals surface area contributed by atoms with E-state index in [2.05, 4.69) is 47.3 Å². The summed E-state index contributed by atoms with van der Waals surface area (Å²) in [4.78, 5) is 11.2. The maximum Gasteiger partial charge on any atom is 0.137 e. The Balaban J connectivity index is 3.09. The van der Waals surface area contributed by atoms with Gasteiger partial charge in [-0.05, 0) is 19.1 Å². The van der Waals surface area contributed by atoms with Crippen molar-refractivity contribution in [1.82, 2.24) is 9.97 Å². The highest BCUT2D eigenvalue weighted by molar-refractivity contribution is 7.98. The molecule has 0 fully saturated rings. The summed E-state index contributed by atoms with van der Waals surface area (Å²) >= 11 is 1.89. The molecule has 1 aromatic rings. The van der Waals surface area contributed by atoms with Gasteiger partial charge in [-0.3, -0.25) is 0 Å². The first-order valence-corrected chi connectivity index (χ1v) is 8.32. The van der Waals surface area contributed by atoms with E-state index in [1.165, 1.54) is 5.56 Å². The van der Waals surface area contributed by atoms with Crippen molar-refractivity contribution in [3.8, 4) is 0 Å². The summed E-state index contributed by atoms with van der Waals surface area (Å²) in [5.74, 6) is 3.15. The van der Waals surface area contributed by atoms with Crippen LogP contribution in [-0.2, 0) is 6.42 Å². The lowest BCUT2D eigenvalue weighted by Crippen LogP contribution is -2.34. The van der Waals surface area contributed by atoms with Crippen LogP contribution in [0.5, 0.6) is 0 Å². The number of thioether (sulfide) groups is 1. The van der Waals surface area contributed by atoms with Crippen LogP contribution in [0.2, 0.25) is 0 Å². The predicted octanol–water partition coefficient (Wildman–Crippen LogP) is 3.05. The minimum absolute atomic E-state index is 0.519. The van der Waals surface area contributed by atoms with Crippen molar-refractivity contribution in [1.29, 1.82) is 0 Å². The van der Waals surface area contributed by atoms with Gasteiger partial charge in [0.05, 0.1) is 0 Å². The Morgan fingerprint density at radius 2 is 2.11 bits per heavy atom. The van der Waals surface area contributed by atoms with E-state index in [0.29, 0.717) is 6.04 Å². The van der Waals surface area contributed by atoms with E-state index in [1.54, 1.807) is 6.33 Å². The van der Waals surface area contributed by atoms with Gasteiger partial charge in [-0.2, -0.15) is 11.8 Å². The number of anilines is 2. The minimum Gasteiger partial charge on any atom is -0.373 e. The third kappa shape index (κ3) is 4.00. The number of hydrogen-bond donors (Lipinski definition) is 1. The van der Waals surface area contributed by atoms with Crippen LogP contribution in [0, 0.1) is 0 Å². The fourth-order valence-corrected chi connectivity index (χ4v) is 3.12. The van der Waals surface area contributed by atoms with Crippen LogP contribution in [0.1, 0.15) is 32.3 Å². The highest BCUT2D eigenvalue weighted by atomic mass is 32.2. The Bertz CT molecular complexity index is 384. The molecule has 1 heterocycles. The Morgan fingerprint density at radius 1 is 1.37 bits per heavy atom. The highest BCUT2D eigenvalue weighted by Crippen LogP contribution is 2.26. The average Bonchev–Trinajstić information content (AvgIpc) is 2.44.